The molecule has 6 heteroatoms. The number of carbonyl (C=O) groups excluding carboxylic acids is 2. The highest BCUT2D eigenvalue weighted by Crippen LogP contribution is 2.40. The molecule has 0 heterocycles. The maximum atomic E-state index is 12.9. The molecule has 0 fully saturated rings. The van der Waals surface area contributed by atoms with Crippen LogP contribution in [0.3, 0.4) is 0 Å². The number of aryl methyl sites for hydroxylation is 1. The Hall–Kier alpha value is -3.80. The van der Waals surface area contributed by atoms with Gasteiger partial charge in [-0.15, -0.1) is 0 Å². The lowest BCUT2D eigenvalue weighted by atomic mass is 9.91. The number of hydrogen-bond donors (Lipinski definition) is 4. The predicted octanol–water partition coefficient (Wildman–Crippen LogP) is 4.15. The lowest BCUT2D eigenvalue weighted by Crippen LogP contribution is -2.05. The summed E-state index contributed by atoms with van der Waals surface area (Å²) in [4.78, 5) is 24.7. The molecule has 0 spiro atoms. The van der Waals surface area contributed by atoms with Crippen molar-refractivity contribution in [3.05, 3.63) is 81.4 Å². The van der Waals surface area contributed by atoms with Gasteiger partial charge in [0.2, 0.25) is 0 Å². The molecule has 4 N–H and O–H groups in total. The predicted molar refractivity (Wildman–Crippen MR) is 112 cm³/mol. The smallest absolute Gasteiger partial charge is 0.196 e. The molecule has 0 amide bonds. The maximum Gasteiger partial charge on any atom is 0.196 e. The fourth-order valence-corrected chi connectivity index (χ4v) is 3.41. The second kappa shape index (κ2) is 7.91. The fraction of sp³-hybridized carbons (Fsp3) is 0.167. The molecule has 0 aromatic heterocycles. The molecule has 0 saturated heterocycles. The monoisotopic (exact) mass is 406 g/mol. The Morgan fingerprint density at radius 1 is 0.800 bits per heavy atom. The number of carbonyl (C=O) groups is 2. The van der Waals surface area contributed by atoms with Crippen LogP contribution in [0.25, 0.3) is 0 Å². The van der Waals surface area contributed by atoms with E-state index in [1.165, 1.54) is 26.0 Å². The Balaban J connectivity index is 2.16. The average Bonchev–Trinajstić information content (AvgIpc) is 2.73. The number of benzene rings is 3. The first-order valence-electron chi connectivity index (χ1n) is 9.33. The number of ketones is 2. The van der Waals surface area contributed by atoms with Gasteiger partial charge in [-0.1, -0.05) is 30.3 Å². The van der Waals surface area contributed by atoms with Gasteiger partial charge in [-0.3, -0.25) is 9.59 Å². The zero-order valence-corrected chi connectivity index (χ0v) is 16.9. The van der Waals surface area contributed by atoms with Crippen LogP contribution in [0.4, 0.5) is 0 Å². The quantitative estimate of drug-likeness (QED) is 0.473. The lowest BCUT2D eigenvalue weighted by molar-refractivity contribution is 0.101. The first-order chi connectivity index (χ1) is 14.1. The highest BCUT2D eigenvalue weighted by molar-refractivity contribution is 6.11. The molecule has 3 aromatic carbocycles. The van der Waals surface area contributed by atoms with Crippen molar-refractivity contribution in [2.24, 2.45) is 0 Å². The minimum absolute atomic E-state index is 0.00933. The number of Topliss-reactive ketones (excluding diaryl/α,β-unsaturated/α-hetero) is 1. The fourth-order valence-electron chi connectivity index (χ4n) is 3.41. The van der Waals surface area contributed by atoms with Gasteiger partial charge in [0.15, 0.2) is 11.6 Å². The zero-order chi connectivity index (χ0) is 22.2. The first-order valence-corrected chi connectivity index (χ1v) is 9.33. The van der Waals surface area contributed by atoms with Crippen molar-refractivity contribution in [1.29, 1.82) is 0 Å². The molecule has 0 aliphatic rings. The van der Waals surface area contributed by atoms with Gasteiger partial charge in [0.25, 0.3) is 0 Å². The summed E-state index contributed by atoms with van der Waals surface area (Å²) in [6, 6.07) is 11.1. The van der Waals surface area contributed by atoms with E-state index in [4.69, 9.17) is 0 Å². The van der Waals surface area contributed by atoms with Crippen molar-refractivity contribution in [3.63, 3.8) is 0 Å². The van der Waals surface area contributed by atoms with Crippen LogP contribution in [0.5, 0.6) is 23.0 Å². The minimum Gasteiger partial charge on any atom is -0.507 e. The molecule has 154 valence electrons. The minimum atomic E-state index is -0.431. The zero-order valence-electron chi connectivity index (χ0n) is 16.9. The van der Waals surface area contributed by atoms with Crippen molar-refractivity contribution < 1.29 is 30.0 Å². The van der Waals surface area contributed by atoms with Crippen LogP contribution in [-0.2, 0) is 6.42 Å². The Labute approximate surface area is 173 Å². The summed E-state index contributed by atoms with van der Waals surface area (Å²) in [6.45, 7) is 4.36. The van der Waals surface area contributed by atoms with Gasteiger partial charge < -0.3 is 20.4 Å². The van der Waals surface area contributed by atoms with Crippen molar-refractivity contribution in [3.8, 4) is 23.0 Å². The van der Waals surface area contributed by atoms with Crippen LogP contribution in [0.15, 0.2) is 42.5 Å². The second-order valence-electron chi connectivity index (χ2n) is 7.25. The second-order valence-corrected chi connectivity index (χ2v) is 7.25. The van der Waals surface area contributed by atoms with Crippen LogP contribution in [-0.4, -0.2) is 32.0 Å². The van der Waals surface area contributed by atoms with Crippen LogP contribution in [0.1, 0.15) is 55.5 Å². The van der Waals surface area contributed by atoms with Gasteiger partial charge in [0.1, 0.15) is 23.0 Å². The summed E-state index contributed by atoms with van der Waals surface area (Å²) in [5, 5.41) is 42.0. The van der Waals surface area contributed by atoms with Gasteiger partial charge in [-0.25, -0.2) is 0 Å². The van der Waals surface area contributed by atoms with E-state index >= 15 is 0 Å². The number of hydrogen-bond acceptors (Lipinski definition) is 6. The summed E-state index contributed by atoms with van der Waals surface area (Å²) in [5.41, 5.74) is 1.17. The molecule has 30 heavy (non-hydrogen) atoms. The molecule has 0 atom stereocenters. The van der Waals surface area contributed by atoms with E-state index in [1.54, 1.807) is 37.3 Å². The van der Waals surface area contributed by atoms with Crippen LogP contribution >= 0.6 is 0 Å². The van der Waals surface area contributed by atoms with Crippen LogP contribution in [0.2, 0.25) is 0 Å². The summed E-state index contributed by atoms with van der Waals surface area (Å²) in [6.07, 6.45) is -0.151. The van der Waals surface area contributed by atoms with Crippen LogP contribution < -0.4 is 0 Å². The number of phenolic OH excluding ortho intramolecular Hbond substituents is 4. The van der Waals surface area contributed by atoms with Gasteiger partial charge >= 0.3 is 0 Å². The molecule has 0 aliphatic carbocycles. The Bertz CT molecular complexity index is 1160. The summed E-state index contributed by atoms with van der Waals surface area (Å²) >= 11 is 0. The SMILES string of the molecule is CC(=O)c1cc(C)c(O)c(Cc2cc(C(=O)c3ccccc3)c(O)c(C)c2O)c1O. The van der Waals surface area contributed by atoms with Crippen molar-refractivity contribution in [2.75, 3.05) is 0 Å². The largest absolute Gasteiger partial charge is 0.507 e. The number of phenols is 4. The Morgan fingerprint density at radius 2 is 1.43 bits per heavy atom. The van der Waals surface area contributed by atoms with E-state index in [-0.39, 0.29) is 63.0 Å². The number of aromatic hydroxyl groups is 4. The highest BCUT2D eigenvalue weighted by atomic mass is 16.3. The van der Waals surface area contributed by atoms with Gasteiger partial charge in [-0.2, -0.15) is 0 Å². The third kappa shape index (κ3) is 3.59. The molecule has 0 aliphatic heterocycles. The summed E-state index contributed by atoms with van der Waals surface area (Å²) < 4.78 is 0. The van der Waals surface area contributed by atoms with Crippen molar-refractivity contribution in [1.82, 2.24) is 0 Å². The van der Waals surface area contributed by atoms with E-state index in [9.17, 15) is 30.0 Å². The molecule has 0 radical (unpaired) electrons. The first kappa shape index (κ1) is 20.9. The molecule has 0 unspecified atom stereocenters. The number of rotatable bonds is 5. The van der Waals surface area contributed by atoms with Gasteiger partial charge in [0.05, 0.1) is 11.1 Å². The molecule has 3 aromatic rings. The molecule has 0 saturated carbocycles. The normalized spacial score (nSPS) is 10.8. The molecule has 3 rings (SSSR count). The van der Waals surface area contributed by atoms with E-state index in [0.29, 0.717) is 11.1 Å². The third-order valence-electron chi connectivity index (χ3n) is 5.18. The van der Waals surface area contributed by atoms with E-state index < -0.39 is 5.78 Å². The lowest BCUT2D eigenvalue weighted by Gasteiger charge is -2.16. The molecule has 0 bridgehead atoms. The van der Waals surface area contributed by atoms with E-state index in [0.717, 1.165) is 0 Å². The molecular formula is C24H22O6. The molecule has 6 nitrogen and oxygen atoms in total. The third-order valence-corrected chi connectivity index (χ3v) is 5.18. The highest BCUT2D eigenvalue weighted by Gasteiger charge is 2.23. The van der Waals surface area contributed by atoms with Crippen molar-refractivity contribution in [2.45, 2.75) is 27.2 Å². The Morgan fingerprint density at radius 3 is 2.03 bits per heavy atom. The van der Waals surface area contributed by atoms with Crippen molar-refractivity contribution >= 4 is 11.6 Å². The van der Waals surface area contributed by atoms with Crippen LogP contribution in [0, 0.1) is 13.8 Å². The summed E-state index contributed by atoms with van der Waals surface area (Å²) in [7, 11) is 0. The Kier molecular flexibility index (Phi) is 5.52. The van der Waals surface area contributed by atoms with Gasteiger partial charge in [-0.05, 0) is 44.0 Å². The topological polar surface area (TPSA) is 115 Å². The standard InChI is InChI=1S/C24H22O6/c1-12-9-17(14(3)25)24(30)18(20(12)26)10-16-11-19(22(28)13(2)21(16)27)23(29)15-7-5-4-6-8-15/h4-9,11,26-28,30H,10H2,1-3H3. The van der Waals surface area contributed by atoms with E-state index in [2.05, 4.69) is 0 Å². The molecular weight excluding hydrogens is 384 g/mol. The average molecular weight is 406 g/mol. The van der Waals surface area contributed by atoms with Gasteiger partial charge in [0, 0.05) is 23.1 Å². The maximum absolute atomic E-state index is 12.9. The van der Waals surface area contributed by atoms with E-state index in [1.807, 2.05) is 0 Å². The summed E-state index contributed by atoms with van der Waals surface area (Å²) in [5.74, 6) is -2.00.